The van der Waals surface area contributed by atoms with Crippen LogP contribution in [0.2, 0.25) is 0 Å². The molecule has 168 valence electrons. The Morgan fingerprint density at radius 3 is 2.75 bits per heavy atom. The van der Waals surface area contributed by atoms with Crippen LogP contribution in [0.4, 0.5) is 10.3 Å². The normalized spacial score (nSPS) is 16.7. The van der Waals surface area contributed by atoms with Gasteiger partial charge in [0.05, 0.1) is 16.7 Å². The number of likely N-dealkylation sites (N-methyl/N-ethyl adjacent to an activating group) is 1. The smallest absolute Gasteiger partial charge is 0.251 e. The largest absolute Gasteiger partial charge is 0.472 e. The highest BCUT2D eigenvalue weighted by Crippen LogP contribution is 2.35. The zero-order chi connectivity index (χ0) is 22.5. The molecule has 0 bridgehead atoms. The summed E-state index contributed by atoms with van der Waals surface area (Å²) in [5.41, 5.74) is 6.17. The van der Waals surface area contributed by atoms with E-state index in [1.807, 2.05) is 0 Å². The van der Waals surface area contributed by atoms with E-state index in [1.54, 1.807) is 12.3 Å². The lowest BCUT2D eigenvalue weighted by atomic mass is 10.1. The Bertz CT molecular complexity index is 1050. The maximum atomic E-state index is 14.2. The van der Waals surface area contributed by atoms with E-state index in [0.29, 0.717) is 28.2 Å². The fourth-order valence-electron chi connectivity index (χ4n) is 3.49. The van der Waals surface area contributed by atoms with Crippen molar-refractivity contribution in [3.63, 3.8) is 0 Å². The number of hydrogen-bond acceptors (Lipinski definition) is 7. The summed E-state index contributed by atoms with van der Waals surface area (Å²) in [6.07, 6.45) is 10.1. The number of rotatable bonds is 7. The van der Waals surface area contributed by atoms with Gasteiger partial charge < -0.3 is 20.3 Å². The van der Waals surface area contributed by atoms with Crippen LogP contribution in [0.5, 0.6) is 5.88 Å². The minimum absolute atomic E-state index is 0.136. The lowest BCUT2D eigenvalue weighted by Gasteiger charge is -2.32. The van der Waals surface area contributed by atoms with Crippen molar-refractivity contribution in [2.45, 2.75) is 22.6 Å². The molecule has 2 aromatic rings. The molecule has 0 unspecified atom stereocenters. The van der Waals surface area contributed by atoms with Crippen molar-refractivity contribution < 1.29 is 13.9 Å². The number of benzene rings is 1. The van der Waals surface area contributed by atoms with Crippen LogP contribution in [0.15, 0.2) is 58.0 Å². The first-order chi connectivity index (χ1) is 15.5. The third kappa shape index (κ3) is 5.46. The van der Waals surface area contributed by atoms with Gasteiger partial charge in [0.25, 0.3) is 5.91 Å². The Morgan fingerprint density at radius 2 is 2.06 bits per heavy atom. The topological polar surface area (TPSA) is 84.6 Å². The van der Waals surface area contributed by atoms with Gasteiger partial charge in [-0.3, -0.25) is 4.79 Å². The molecule has 0 atom stereocenters. The van der Waals surface area contributed by atoms with Gasteiger partial charge in [-0.1, -0.05) is 30.0 Å². The van der Waals surface area contributed by atoms with E-state index < -0.39 is 11.7 Å². The van der Waals surface area contributed by atoms with Crippen molar-refractivity contribution in [1.82, 2.24) is 14.9 Å². The van der Waals surface area contributed by atoms with Gasteiger partial charge in [0.2, 0.25) is 11.8 Å². The average Bonchev–Trinajstić information content (AvgIpc) is 2.79. The summed E-state index contributed by atoms with van der Waals surface area (Å²) in [6, 6.07) is 4.32. The van der Waals surface area contributed by atoms with Gasteiger partial charge in [-0.2, -0.15) is 4.98 Å². The van der Waals surface area contributed by atoms with E-state index >= 15 is 0 Å². The molecule has 0 radical (unpaired) electrons. The molecule has 0 saturated carbocycles. The molecule has 1 aliphatic carbocycles. The lowest BCUT2D eigenvalue weighted by Crippen LogP contribution is -2.45. The third-order valence-electron chi connectivity index (χ3n) is 5.38. The van der Waals surface area contributed by atoms with Gasteiger partial charge in [-0.15, -0.1) is 0 Å². The molecule has 0 spiro atoms. The van der Waals surface area contributed by atoms with Gasteiger partial charge in [0.1, 0.15) is 12.4 Å². The van der Waals surface area contributed by atoms with E-state index in [2.05, 4.69) is 40.1 Å². The van der Waals surface area contributed by atoms with Gasteiger partial charge in [-0.05, 0) is 43.7 Å². The number of halogens is 1. The van der Waals surface area contributed by atoms with Gasteiger partial charge in [0, 0.05) is 31.1 Å². The van der Waals surface area contributed by atoms with Crippen molar-refractivity contribution in [3.8, 4) is 5.88 Å². The number of aromatic nitrogens is 2. The minimum atomic E-state index is -0.795. The van der Waals surface area contributed by atoms with Crippen LogP contribution in [0.25, 0.3) is 0 Å². The number of carbonyl (C=O) groups excluding carboxylic acids is 1. The van der Waals surface area contributed by atoms with Crippen molar-refractivity contribution in [1.29, 1.82) is 0 Å². The first-order valence-electron chi connectivity index (χ1n) is 10.6. The summed E-state index contributed by atoms with van der Waals surface area (Å²) < 4.78 is 20.3. The number of primary amides is 1. The molecule has 9 heteroatoms. The van der Waals surface area contributed by atoms with Crippen LogP contribution in [-0.4, -0.2) is 60.6 Å². The summed E-state index contributed by atoms with van der Waals surface area (Å²) in [5.74, 6) is -0.367. The molecular weight excluding hydrogens is 429 g/mol. The Morgan fingerprint density at radius 1 is 1.25 bits per heavy atom. The van der Waals surface area contributed by atoms with Gasteiger partial charge in [-0.25, -0.2) is 9.37 Å². The first-order valence-corrected chi connectivity index (χ1v) is 11.4. The molecule has 2 heterocycles. The molecule has 1 aliphatic heterocycles. The quantitative estimate of drug-likeness (QED) is 0.686. The highest BCUT2D eigenvalue weighted by molar-refractivity contribution is 7.99. The summed E-state index contributed by atoms with van der Waals surface area (Å²) in [4.78, 5) is 26.2. The van der Waals surface area contributed by atoms with Crippen LogP contribution in [-0.2, 0) is 0 Å². The second-order valence-corrected chi connectivity index (χ2v) is 8.90. The minimum Gasteiger partial charge on any atom is -0.472 e. The number of nitrogens with zero attached hydrogens (tertiary/aromatic N) is 4. The average molecular weight is 456 g/mol. The molecule has 32 heavy (non-hydrogen) atoms. The van der Waals surface area contributed by atoms with Gasteiger partial charge in [0.15, 0.2) is 0 Å². The van der Waals surface area contributed by atoms with Crippen LogP contribution in [0, 0.1) is 5.82 Å². The summed E-state index contributed by atoms with van der Waals surface area (Å²) in [6.45, 7) is 3.98. The molecule has 1 fully saturated rings. The number of amides is 1. The second-order valence-electron chi connectivity index (χ2n) is 7.79. The van der Waals surface area contributed by atoms with Crippen molar-refractivity contribution in [2.24, 2.45) is 5.73 Å². The third-order valence-corrected chi connectivity index (χ3v) is 6.37. The molecule has 1 saturated heterocycles. The van der Waals surface area contributed by atoms with E-state index in [0.717, 1.165) is 44.6 Å². The number of anilines is 1. The Hall–Kier alpha value is -2.91. The molecule has 1 amide bonds. The van der Waals surface area contributed by atoms with Crippen molar-refractivity contribution >= 4 is 23.6 Å². The number of nitrogens with two attached hydrogens (primary N) is 1. The van der Waals surface area contributed by atoms with E-state index in [9.17, 15) is 9.18 Å². The predicted molar refractivity (Wildman–Crippen MR) is 123 cm³/mol. The maximum absolute atomic E-state index is 14.2. The van der Waals surface area contributed by atoms with Crippen LogP contribution in [0.3, 0.4) is 0 Å². The first kappa shape index (κ1) is 22.3. The molecular formula is C23H26FN5O2S. The number of ether oxygens (including phenoxy) is 1. The standard InChI is InChI=1S/C23H26FN5O2S/c1-28-9-11-29(12-10-28)23-26-14-20(22(27-23)31-15-16-5-3-2-4-6-16)32-17-7-8-18(21(25)30)19(24)13-17/h3,5-8,13-14H,2,4,9-12,15H2,1H3,(H2,25,30). The number of piperazine rings is 1. The highest BCUT2D eigenvalue weighted by Gasteiger charge is 2.20. The SMILES string of the molecule is CN1CCN(c2ncc(Sc3ccc(C(N)=O)c(F)c3)c(OCC3=CCCC=C3)n2)CC1. The molecule has 2 N–H and O–H groups in total. The van der Waals surface area contributed by atoms with Crippen molar-refractivity contribution in [3.05, 3.63) is 59.6 Å². The molecule has 1 aromatic carbocycles. The summed E-state index contributed by atoms with van der Waals surface area (Å²) >= 11 is 1.28. The Labute approximate surface area is 191 Å². The van der Waals surface area contributed by atoms with Crippen LogP contribution >= 0.6 is 11.8 Å². The zero-order valence-electron chi connectivity index (χ0n) is 18.0. The lowest BCUT2D eigenvalue weighted by molar-refractivity contribution is 0.0996. The van der Waals surface area contributed by atoms with E-state index in [-0.39, 0.29) is 5.56 Å². The molecule has 2 aliphatic rings. The summed E-state index contributed by atoms with van der Waals surface area (Å²) in [5, 5.41) is 0. The Kier molecular flexibility index (Phi) is 7.06. The van der Waals surface area contributed by atoms with Gasteiger partial charge >= 0.3 is 0 Å². The molecule has 7 nitrogen and oxygen atoms in total. The number of carbonyl (C=O) groups is 1. The maximum Gasteiger partial charge on any atom is 0.251 e. The number of allylic oxidation sites excluding steroid dienone is 2. The monoisotopic (exact) mass is 455 g/mol. The van der Waals surface area contributed by atoms with Crippen molar-refractivity contribution in [2.75, 3.05) is 44.7 Å². The fourth-order valence-corrected chi connectivity index (χ4v) is 4.34. The summed E-state index contributed by atoms with van der Waals surface area (Å²) in [7, 11) is 2.10. The molecule has 1 aromatic heterocycles. The second kappa shape index (κ2) is 10.1. The molecule has 4 rings (SSSR count). The van der Waals surface area contributed by atoms with E-state index in [1.165, 1.54) is 23.9 Å². The Balaban J connectivity index is 1.58. The van der Waals surface area contributed by atoms with E-state index in [4.69, 9.17) is 15.5 Å². The number of hydrogen-bond donors (Lipinski definition) is 1. The predicted octanol–water partition coefficient (Wildman–Crippen LogP) is 3.27. The highest BCUT2D eigenvalue weighted by atomic mass is 32.2. The fraction of sp³-hybridized carbons (Fsp3) is 0.348. The van der Waals surface area contributed by atoms with Crippen LogP contribution < -0.4 is 15.4 Å². The zero-order valence-corrected chi connectivity index (χ0v) is 18.8. The van der Waals surface area contributed by atoms with Crippen LogP contribution in [0.1, 0.15) is 23.2 Å².